The summed E-state index contributed by atoms with van der Waals surface area (Å²) < 4.78 is 0. The molecule has 0 aliphatic heterocycles. The predicted molar refractivity (Wildman–Crippen MR) is 81.0 cm³/mol. The molecule has 1 fully saturated rings. The van der Waals surface area contributed by atoms with Crippen LogP contribution in [0.1, 0.15) is 33.6 Å². The molecule has 5 heteroatoms. The quantitative estimate of drug-likeness (QED) is 0.809. The van der Waals surface area contributed by atoms with Gasteiger partial charge in [0.2, 0.25) is 0 Å². The number of hydrogen-bond donors (Lipinski definition) is 3. The van der Waals surface area contributed by atoms with Gasteiger partial charge < -0.3 is 15.5 Å². The van der Waals surface area contributed by atoms with E-state index in [-0.39, 0.29) is 23.3 Å². The number of benzene rings is 2. The fourth-order valence-electron chi connectivity index (χ4n) is 2.24. The second-order valence-electron chi connectivity index (χ2n) is 5.40. The second kappa shape index (κ2) is 5.52. The van der Waals surface area contributed by atoms with Crippen molar-refractivity contribution in [3.05, 3.63) is 53.6 Å². The Morgan fingerprint density at radius 2 is 1.73 bits per heavy atom. The number of aromatic carboxylic acids is 1. The molecule has 112 valence electrons. The summed E-state index contributed by atoms with van der Waals surface area (Å²) >= 11 is 0. The van der Waals surface area contributed by atoms with E-state index in [1.54, 1.807) is 24.3 Å². The molecule has 2 aromatic carbocycles. The van der Waals surface area contributed by atoms with E-state index < -0.39 is 5.97 Å². The molecule has 22 heavy (non-hydrogen) atoms. The normalized spacial score (nSPS) is 13.6. The van der Waals surface area contributed by atoms with Gasteiger partial charge in [0, 0.05) is 11.6 Å². The van der Waals surface area contributed by atoms with Crippen LogP contribution >= 0.6 is 0 Å². The van der Waals surface area contributed by atoms with Crippen molar-refractivity contribution in [1.29, 1.82) is 0 Å². The lowest BCUT2D eigenvalue weighted by Gasteiger charge is -2.08. The van der Waals surface area contributed by atoms with Crippen LogP contribution < -0.4 is 5.32 Å². The monoisotopic (exact) mass is 297 g/mol. The first-order valence-corrected chi connectivity index (χ1v) is 7.01. The van der Waals surface area contributed by atoms with Crippen molar-refractivity contribution in [2.24, 2.45) is 0 Å². The highest BCUT2D eigenvalue weighted by molar-refractivity contribution is 5.96. The largest absolute Gasteiger partial charge is 0.508 e. The molecule has 1 aliphatic carbocycles. The van der Waals surface area contributed by atoms with Gasteiger partial charge in [-0.1, -0.05) is 12.1 Å². The molecule has 2 aromatic rings. The number of hydrogen-bond acceptors (Lipinski definition) is 3. The number of aromatic hydroxyl groups is 1. The van der Waals surface area contributed by atoms with E-state index in [0.29, 0.717) is 16.7 Å². The van der Waals surface area contributed by atoms with Crippen LogP contribution in [0.5, 0.6) is 5.75 Å². The summed E-state index contributed by atoms with van der Waals surface area (Å²) in [6, 6.07) is 11.3. The van der Waals surface area contributed by atoms with Crippen LogP contribution in [0.4, 0.5) is 0 Å². The van der Waals surface area contributed by atoms with E-state index in [9.17, 15) is 14.7 Å². The highest BCUT2D eigenvalue weighted by Gasteiger charge is 2.23. The van der Waals surface area contributed by atoms with Gasteiger partial charge in [-0.05, 0) is 54.3 Å². The summed E-state index contributed by atoms with van der Waals surface area (Å²) in [5.41, 5.74) is 1.76. The number of carboxylic acids is 1. The highest BCUT2D eigenvalue weighted by atomic mass is 16.4. The van der Waals surface area contributed by atoms with E-state index in [4.69, 9.17) is 5.11 Å². The lowest BCUT2D eigenvalue weighted by Crippen LogP contribution is -2.25. The average molecular weight is 297 g/mol. The minimum atomic E-state index is -1.11. The van der Waals surface area contributed by atoms with E-state index in [0.717, 1.165) is 12.8 Å². The van der Waals surface area contributed by atoms with Crippen molar-refractivity contribution in [3.63, 3.8) is 0 Å². The second-order valence-corrected chi connectivity index (χ2v) is 5.40. The molecule has 1 aliphatic rings. The van der Waals surface area contributed by atoms with Crippen LogP contribution in [0.2, 0.25) is 0 Å². The van der Waals surface area contributed by atoms with E-state index in [2.05, 4.69) is 5.32 Å². The molecule has 3 rings (SSSR count). The number of phenolic OH excluding ortho intramolecular Hbond substituents is 1. The zero-order valence-corrected chi connectivity index (χ0v) is 11.7. The summed E-state index contributed by atoms with van der Waals surface area (Å²) in [5.74, 6) is -1.37. The van der Waals surface area contributed by atoms with Crippen LogP contribution in [0.15, 0.2) is 42.5 Å². The number of carbonyl (C=O) groups is 2. The van der Waals surface area contributed by atoms with Crippen molar-refractivity contribution < 1.29 is 19.8 Å². The molecule has 1 amide bonds. The van der Waals surface area contributed by atoms with Crippen LogP contribution in [-0.4, -0.2) is 28.1 Å². The number of rotatable bonds is 4. The Bertz CT molecular complexity index is 750. The molecule has 1 saturated carbocycles. The molecule has 0 heterocycles. The molecule has 0 bridgehead atoms. The Morgan fingerprint density at radius 1 is 1.00 bits per heavy atom. The summed E-state index contributed by atoms with van der Waals surface area (Å²) in [6.07, 6.45) is 2.03. The zero-order chi connectivity index (χ0) is 15.7. The van der Waals surface area contributed by atoms with E-state index in [1.165, 1.54) is 18.2 Å². The molecular weight excluding hydrogens is 282 g/mol. The lowest BCUT2D eigenvalue weighted by molar-refractivity contribution is 0.0696. The van der Waals surface area contributed by atoms with Crippen molar-refractivity contribution in [2.45, 2.75) is 18.9 Å². The van der Waals surface area contributed by atoms with Crippen molar-refractivity contribution >= 4 is 11.9 Å². The van der Waals surface area contributed by atoms with Gasteiger partial charge in [-0.2, -0.15) is 0 Å². The fourth-order valence-corrected chi connectivity index (χ4v) is 2.24. The van der Waals surface area contributed by atoms with Crippen LogP contribution in [0.3, 0.4) is 0 Å². The third kappa shape index (κ3) is 3.09. The Kier molecular flexibility index (Phi) is 3.55. The van der Waals surface area contributed by atoms with Gasteiger partial charge in [-0.25, -0.2) is 4.79 Å². The summed E-state index contributed by atoms with van der Waals surface area (Å²) in [5, 5.41) is 21.6. The van der Waals surface area contributed by atoms with Gasteiger partial charge in [-0.15, -0.1) is 0 Å². The summed E-state index contributed by atoms with van der Waals surface area (Å²) in [4.78, 5) is 23.1. The number of carboxylic acid groups (broad SMARTS) is 1. The van der Waals surface area contributed by atoms with Crippen LogP contribution in [-0.2, 0) is 0 Å². The Hall–Kier alpha value is -2.82. The van der Waals surface area contributed by atoms with Crippen molar-refractivity contribution in [1.82, 2.24) is 5.32 Å². The van der Waals surface area contributed by atoms with Gasteiger partial charge in [-0.3, -0.25) is 4.79 Å². The third-order valence-corrected chi connectivity index (χ3v) is 3.54. The van der Waals surface area contributed by atoms with Crippen LogP contribution in [0.25, 0.3) is 11.1 Å². The van der Waals surface area contributed by atoms with E-state index in [1.807, 2.05) is 0 Å². The SMILES string of the molecule is O=C(O)c1cc(O)cc(-c2cccc(C(=O)NC3CC3)c2)c1. The minimum Gasteiger partial charge on any atom is -0.508 e. The van der Waals surface area contributed by atoms with E-state index >= 15 is 0 Å². The summed E-state index contributed by atoms with van der Waals surface area (Å²) in [6.45, 7) is 0. The third-order valence-electron chi connectivity index (χ3n) is 3.54. The maximum atomic E-state index is 12.1. The molecule has 0 aromatic heterocycles. The van der Waals surface area contributed by atoms with Crippen molar-refractivity contribution in [2.75, 3.05) is 0 Å². The first-order chi connectivity index (χ1) is 10.5. The molecule has 0 saturated heterocycles. The lowest BCUT2D eigenvalue weighted by atomic mass is 10.0. The van der Waals surface area contributed by atoms with Gasteiger partial charge >= 0.3 is 5.97 Å². The maximum absolute atomic E-state index is 12.1. The molecule has 5 nitrogen and oxygen atoms in total. The predicted octanol–water partition coefficient (Wildman–Crippen LogP) is 2.65. The topological polar surface area (TPSA) is 86.6 Å². The minimum absolute atomic E-state index is 0.00263. The number of carbonyl (C=O) groups excluding carboxylic acids is 1. The average Bonchev–Trinajstić information content (AvgIpc) is 3.30. The molecule has 0 unspecified atom stereocenters. The Balaban J connectivity index is 1.94. The van der Waals surface area contributed by atoms with Crippen LogP contribution in [0, 0.1) is 0 Å². The summed E-state index contributed by atoms with van der Waals surface area (Å²) in [7, 11) is 0. The molecule has 0 spiro atoms. The first-order valence-electron chi connectivity index (χ1n) is 7.01. The number of amides is 1. The zero-order valence-electron chi connectivity index (χ0n) is 11.7. The standard InChI is InChI=1S/C17H15NO4/c19-15-8-12(7-13(9-15)17(21)22)10-2-1-3-11(6-10)16(20)18-14-4-5-14/h1-3,6-9,14,19H,4-5H2,(H,18,20)(H,21,22). The fraction of sp³-hybridized carbons (Fsp3) is 0.176. The Labute approximate surface area is 127 Å². The molecule has 0 radical (unpaired) electrons. The maximum Gasteiger partial charge on any atom is 0.335 e. The molecule has 3 N–H and O–H groups in total. The first kappa shape index (κ1) is 14.1. The molecule has 0 atom stereocenters. The highest BCUT2D eigenvalue weighted by Crippen LogP contribution is 2.27. The smallest absolute Gasteiger partial charge is 0.335 e. The van der Waals surface area contributed by atoms with Gasteiger partial charge in [0.1, 0.15) is 5.75 Å². The van der Waals surface area contributed by atoms with Gasteiger partial charge in [0.25, 0.3) is 5.91 Å². The Morgan fingerprint density at radius 3 is 2.41 bits per heavy atom. The number of phenols is 1. The molecular formula is C17H15NO4. The van der Waals surface area contributed by atoms with Gasteiger partial charge in [0.15, 0.2) is 0 Å². The van der Waals surface area contributed by atoms with Gasteiger partial charge in [0.05, 0.1) is 5.56 Å². The number of nitrogens with one attached hydrogen (secondary N) is 1. The van der Waals surface area contributed by atoms with Crippen molar-refractivity contribution in [3.8, 4) is 16.9 Å².